The van der Waals surface area contributed by atoms with Crippen molar-refractivity contribution in [2.75, 3.05) is 0 Å². The Kier molecular flexibility index (Phi) is 2.55. The number of rotatable bonds is 1. The number of fused-ring (bicyclic) bond motifs is 1. The molecule has 16 heavy (non-hydrogen) atoms. The van der Waals surface area contributed by atoms with Crippen molar-refractivity contribution >= 4 is 10.9 Å². The van der Waals surface area contributed by atoms with Gasteiger partial charge in [-0.15, -0.1) is 0 Å². The number of hydrogen-bond acceptors (Lipinski definition) is 2. The lowest BCUT2D eigenvalue weighted by Crippen LogP contribution is -2.11. The first-order valence-electron chi connectivity index (χ1n) is 4.59. The fourth-order valence-corrected chi connectivity index (χ4v) is 1.52. The second kappa shape index (κ2) is 3.75. The van der Waals surface area contributed by atoms with Gasteiger partial charge in [0.15, 0.2) is 0 Å². The molecule has 0 aliphatic carbocycles. The monoisotopic (exact) mass is 227 g/mol. The molecule has 0 atom stereocenters. The van der Waals surface area contributed by atoms with E-state index in [-0.39, 0.29) is 5.69 Å². The molecule has 1 aromatic heterocycles. The highest BCUT2D eigenvalue weighted by Gasteiger charge is 2.34. The van der Waals surface area contributed by atoms with Gasteiger partial charge in [-0.3, -0.25) is 0 Å². The van der Waals surface area contributed by atoms with E-state index in [2.05, 4.69) is 4.98 Å². The standard InChI is InChI=1S/C11H8F3NO/c12-11(13,14)8-5-7-3-1-2-4-9(7)15-10(8)6-16/h1-5,16H,6H2. The number of benzene rings is 1. The van der Waals surface area contributed by atoms with Gasteiger partial charge in [0.2, 0.25) is 0 Å². The average Bonchev–Trinajstić information content (AvgIpc) is 2.26. The summed E-state index contributed by atoms with van der Waals surface area (Å²) in [5, 5.41) is 9.29. The van der Waals surface area contributed by atoms with Crippen molar-refractivity contribution in [1.29, 1.82) is 0 Å². The molecule has 0 amide bonds. The maximum Gasteiger partial charge on any atom is 0.418 e. The smallest absolute Gasteiger partial charge is 0.390 e. The van der Waals surface area contributed by atoms with Crippen LogP contribution in [0.4, 0.5) is 13.2 Å². The number of pyridine rings is 1. The predicted molar refractivity (Wildman–Crippen MR) is 52.7 cm³/mol. The first-order valence-corrected chi connectivity index (χ1v) is 4.59. The maximum absolute atomic E-state index is 12.6. The lowest BCUT2D eigenvalue weighted by molar-refractivity contribution is -0.138. The molecule has 0 bridgehead atoms. The fraction of sp³-hybridized carbons (Fsp3) is 0.182. The molecule has 1 N–H and O–H groups in total. The van der Waals surface area contributed by atoms with Gasteiger partial charge in [0.25, 0.3) is 0 Å². The van der Waals surface area contributed by atoms with E-state index in [0.717, 1.165) is 6.07 Å². The van der Waals surface area contributed by atoms with E-state index in [4.69, 9.17) is 5.11 Å². The summed E-state index contributed by atoms with van der Waals surface area (Å²) >= 11 is 0. The Morgan fingerprint density at radius 1 is 1.19 bits per heavy atom. The lowest BCUT2D eigenvalue weighted by Gasteiger charge is -2.11. The summed E-state index contributed by atoms with van der Waals surface area (Å²) in [6.07, 6.45) is -4.49. The number of aliphatic hydroxyl groups is 1. The van der Waals surface area contributed by atoms with Crippen LogP contribution in [-0.4, -0.2) is 10.1 Å². The van der Waals surface area contributed by atoms with Gasteiger partial charge in [0.1, 0.15) is 0 Å². The first-order chi connectivity index (χ1) is 7.52. The van der Waals surface area contributed by atoms with E-state index >= 15 is 0 Å². The molecular weight excluding hydrogens is 219 g/mol. The van der Waals surface area contributed by atoms with Crippen LogP contribution < -0.4 is 0 Å². The van der Waals surface area contributed by atoms with E-state index in [1.807, 2.05) is 0 Å². The Labute approximate surface area is 89.4 Å². The number of nitrogens with zero attached hydrogens (tertiary/aromatic N) is 1. The molecule has 0 unspecified atom stereocenters. The molecule has 0 saturated heterocycles. The second-order valence-corrected chi connectivity index (χ2v) is 3.33. The molecule has 0 fully saturated rings. The van der Waals surface area contributed by atoms with Crippen molar-refractivity contribution in [3.05, 3.63) is 41.6 Å². The van der Waals surface area contributed by atoms with Crippen LogP contribution in [0.15, 0.2) is 30.3 Å². The summed E-state index contributed by atoms with van der Waals surface area (Å²) in [6.45, 7) is -0.723. The molecule has 0 radical (unpaired) electrons. The van der Waals surface area contributed by atoms with Crippen molar-refractivity contribution in [1.82, 2.24) is 4.98 Å². The normalized spacial score (nSPS) is 12.0. The lowest BCUT2D eigenvalue weighted by atomic mass is 10.1. The van der Waals surface area contributed by atoms with Crippen LogP contribution in [0.2, 0.25) is 0 Å². The second-order valence-electron chi connectivity index (χ2n) is 3.33. The van der Waals surface area contributed by atoms with Crippen molar-refractivity contribution in [2.45, 2.75) is 12.8 Å². The molecule has 1 heterocycles. The van der Waals surface area contributed by atoms with Gasteiger partial charge >= 0.3 is 6.18 Å². The zero-order valence-electron chi connectivity index (χ0n) is 8.12. The van der Waals surface area contributed by atoms with Crippen LogP contribution in [0.5, 0.6) is 0 Å². The molecule has 0 aliphatic heterocycles. The summed E-state index contributed by atoms with van der Waals surface area (Å²) in [6, 6.07) is 7.49. The summed E-state index contributed by atoms with van der Waals surface area (Å²) in [7, 11) is 0. The van der Waals surface area contributed by atoms with Gasteiger partial charge in [0, 0.05) is 5.39 Å². The van der Waals surface area contributed by atoms with E-state index in [0.29, 0.717) is 10.9 Å². The molecule has 1 aromatic carbocycles. The third-order valence-corrected chi connectivity index (χ3v) is 2.26. The minimum absolute atomic E-state index is 0.341. The molecule has 0 saturated carbocycles. The Bertz CT molecular complexity index is 522. The predicted octanol–water partition coefficient (Wildman–Crippen LogP) is 2.75. The Morgan fingerprint density at radius 2 is 1.88 bits per heavy atom. The molecular formula is C11H8F3NO. The molecule has 84 valence electrons. The van der Waals surface area contributed by atoms with Gasteiger partial charge in [-0.1, -0.05) is 18.2 Å². The van der Waals surface area contributed by atoms with E-state index in [1.165, 1.54) is 0 Å². The quantitative estimate of drug-likeness (QED) is 0.812. The average molecular weight is 227 g/mol. The van der Waals surface area contributed by atoms with Gasteiger partial charge in [-0.2, -0.15) is 13.2 Å². The number of aliphatic hydroxyl groups excluding tert-OH is 1. The van der Waals surface area contributed by atoms with Gasteiger partial charge < -0.3 is 5.11 Å². The van der Waals surface area contributed by atoms with E-state index in [1.54, 1.807) is 24.3 Å². The molecule has 2 rings (SSSR count). The SMILES string of the molecule is OCc1nc2ccccc2cc1C(F)(F)F. The molecule has 2 nitrogen and oxygen atoms in total. The molecule has 0 aliphatic rings. The third-order valence-electron chi connectivity index (χ3n) is 2.26. The van der Waals surface area contributed by atoms with Crippen molar-refractivity contribution in [3.63, 3.8) is 0 Å². The van der Waals surface area contributed by atoms with Crippen LogP contribution in [-0.2, 0) is 12.8 Å². The van der Waals surface area contributed by atoms with Crippen LogP contribution in [0, 0.1) is 0 Å². The van der Waals surface area contributed by atoms with Gasteiger partial charge in [-0.05, 0) is 12.1 Å². The summed E-state index contributed by atoms with van der Waals surface area (Å²) < 4.78 is 37.8. The van der Waals surface area contributed by atoms with Crippen LogP contribution in [0.1, 0.15) is 11.3 Å². The van der Waals surface area contributed by atoms with E-state index < -0.39 is 18.3 Å². The van der Waals surface area contributed by atoms with Crippen molar-refractivity contribution in [2.24, 2.45) is 0 Å². The number of aromatic nitrogens is 1. The Hall–Kier alpha value is -1.62. The highest BCUT2D eigenvalue weighted by molar-refractivity contribution is 5.79. The molecule has 2 aromatic rings. The maximum atomic E-state index is 12.6. The van der Waals surface area contributed by atoms with Crippen molar-refractivity contribution in [3.8, 4) is 0 Å². The number of alkyl halides is 3. The largest absolute Gasteiger partial charge is 0.418 e. The topological polar surface area (TPSA) is 33.1 Å². The van der Waals surface area contributed by atoms with Crippen LogP contribution in [0.25, 0.3) is 10.9 Å². The van der Waals surface area contributed by atoms with Crippen molar-refractivity contribution < 1.29 is 18.3 Å². The fourth-order valence-electron chi connectivity index (χ4n) is 1.52. The third kappa shape index (κ3) is 1.86. The minimum Gasteiger partial charge on any atom is -0.390 e. The van der Waals surface area contributed by atoms with Crippen LogP contribution >= 0.6 is 0 Å². The van der Waals surface area contributed by atoms with Gasteiger partial charge in [-0.25, -0.2) is 4.98 Å². The number of hydrogen-bond donors (Lipinski definition) is 1. The number of para-hydroxylation sites is 1. The summed E-state index contributed by atoms with van der Waals surface area (Å²) in [4.78, 5) is 3.79. The van der Waals surface area contributed by atoms with Gasteiger partial charge in [0.05, 0.1) is 23.4 Å². The van der Waals surface area contributed by atoms with Crippen LogP contribution in [0.3, 0.4) is 0 Å². The molecule has 5 heteroatoms. The zero-order chi connectivity index (χ0) is 11.8. The Balaban J connectivity index is 2.73. The molecule has 0 spiro atoms. The Morgan fingerprint density at radius 3 is 2.50 bits per heavy atom. The zero-order valence-corrected chi connectivity index (χ0v) is 8.12. The number of halogens is 3. The minimum atomic E-state index is -4.49. The summed E-state index contributed by atoms with van der Waals surface area (Å²) in [5.74, 6) is 0. The first kappa shape index (κ1) is 10.9. The summed E-state index contributed by atoms with van der Waals surface area (Å²) in [5.41, 5.74) is -0.778. The van der Waals surface area contributed by atoms with E-state index in [9.17, 15) is 13.2 Å². The highest BCUT2D eigenvalue weighted by Crippen LogP contribution is 2.33. The highest BCUT2D eigenvalue weighted by atomic mass is 19.4.